The van der Waals surface area contributed by atoms with Gasteiger partial charge in [-0.2, -0.15) is 0 Å². The molecule has 0 bridgehead atoms. The van der Waals surface area contributed by atoms with E-state index in [-0.39, 0.29) is 0 Å². The van der Waals surface area contributed by atoms with Crippen molar-refractivity contribution in [3.63, 3.8) is 0 Å². The van der Waals surface area contributed by atoms with Crippen LogP contribution in [0.5, 0.6) is 0 Å². The van der Waals surface area contributed by atoms with Crippen LogP contribution in [-0.4, -0.2) is 26.2 Å². The molecule has 1 aliphatic heterocycles. The number of piperazine rings is 1. The van der Waals surface area contributed by atoms with Crippen LogP contribution in [-0.2, 0) is 0 Å². The minimum Gasteiger partial charge on any atom is -0.398 e. The van der Waals surface area contributed by atoms with Crippen molar-refractivity contribution < 1.29 is 0 Å². The summed E-state index contributed by atoms with van der Waals surface area (Å²) < 4.78 is 0. The molecule has 0 saturated carbocycles. The third kappa shape index (κ3) is 5.81. The second kappa shape index (κ2) is 8.95. The monoisotopic (exact) mass is 281 g/mol. The molecule has 0 amide bonds. The van der Waals surface area contributed by atoms with E-state index in [2.05, 4.69) is 28.8 Å². The maximum absolute atomic E-state index is 5.83. The molecule has 3 rings (SSSR count). The third-order valence-corrected chi connectivity index (χ3v) is 3.21. The zero-order valence-corrected chi connectivity index (χ0v) is 12.3. The lowest BCUT2D eigenvalue weighted by atomic mass is 10.1. The highest BCUT2D eigenvalue weighted by atomic mass is 15.0. The smallest absolute Gasteiger partial charge is 0.0387 e. The van der Waals surface area contributed by atoms with Gasteiger partial charge in [0.2, 0.25) is 0 Å². The number of para-hydroxylation sites is 1. The summed E-state index contributed by atoms with van der Waals surface area (Å²) in [6, 6.07) is 18.0. The Morgan fingerprint density at radius 3 is 1.86 bits per heavy atom. The molecule has 0 unspecified atom stereocenters. The largest absolute Gasteiger partial charge is 0.398 e. The lowest BCUT2D eigenvalue weighted by Crippen LogP contribution is -2.39. The number of anilines is 1. The summed E-state index contributed by atoms with van der Waals surface area (Å²) in [5.41, 5.74) is 8.88. The molecule has 0 atom stereocenters. The van der Waals surface area contributed by atoms with Crippen LogP contribution in [0, 0.1) is 0 Å². The van der Waals surface area contributed by atoms with Crippen LogP contribution in [0.3, 0.4) is 0 Å². The Morgan fingerprint density at radius 1 is 0.714 bits per heavy atom. The Labute approximate surface area is 126 Å². The Kier molecular flexibility index (Phi) is 6.52. The molecule has 3 heteroatoms. The molecular weight excluding hydrogens is 258 g/mol. The van der Waals surface area contributed by atoms with Crippen LogP contribution in [0.1, 0.15) is 11.1 Å². The first-order chi connectivity index (χ1) is 10.4. The number of hydrogen-bond acceptors (Lipinski definition) is 3. The minimum absolute atomic E-state index is 0.810. The molecule has 0 radical (unpaired) electrons. The minimum atomic E-state index is 0.810. The van der Waals surface area contributed by atoms with Gasteiger partial charge in [-0.15, -0.1) is 0 Å². The number of rotatable bonds is 2. The van der Waals surface area contributed by atoms with Gasteiger partial charge in [0.05, 0.1) is 0 Å². The molecule has 2 aromatic rings. The van der Waals surface area contributed by atoms with Gasteiger partial charge in [-0.1, -0.05) is 60.7 Å². The SMILES string of the molecule is C1CNCCN1.Nc1ccccc1C=Cc1ccccc1. The van der Waals surface area contributed by atoms with Gasteiger partial charge in [0.1, 0.15) is 0 Å². The Morgan fingerprint density at radius 2 is 1.29 bits per heavy atom. The second-order valence-corrected chi connectivity index (χ2v) is 4.87. The summed E-state index contributed by atoms with van der Waals surface area (Å²) in [4.78, 5) is 0. The third-order valence-electron chi connectivity index (χ3n) is 3.21. The quantitative estimate of drug-likeness (QED) is 0.586. The van der Waals surface area contributed by atoms with E-state index in [9.17, 15) is 0 Å². The normalized spacial score (nSPS) is 14.5. The van der Waals surface area contributed by atoms with Gasteiger partial charge >= 0.3 is 0 Å². The molecule has 4 N–H and O–H groups in total. The van der Waals surface area contributed by atoms with Gasteiger partial charge in [-0.25, -0.2) is 0 Å². The summed E-state index contributed by atoms with van der Waals surface area (Å²) in [7, 11) is 0. The molecule has 3 nitrogen and oxygen atoms in total. The average Bonchev–Trinajstić information content (AvgIpc) is 2.57. The van der Waals surface area contributed by atoms with E-state index in [4.69, 9.17) is 5.73 Å². The van der Waals surface area contributed by atoms with Gasteiger partial charge in [-0.05, 0) is 17.2 Å². The van der Waals surface area contributed by atoms with Gasteiger partial charge in [0.15, 0.2) is 0 Å². The lowest BCUT2D eigenvalue weighted by molar-refractivity contribution is 0.534. The van der Waals surface area contributed by atoms with Crippen molar-refractivity contribution in [3.05, 3.63) is 65.7 Å². The van der Waals surface area contributed by atoms with Gasteiger partial charge < -0.3 is 16.4 Å². The van der Waals surface area contributed by atoms with Crippen molar-refractivity contribution >= 4 is 17.8 Å². The molecule has 0 aliphatic carbocycles. The average molecular weight is 281 g/mol. The van der Waals surface area contributed by atoms with Crippen LogP contribution in [0.2, 0.25) is 0 Å². The zero-order chi connectivity index (χ0) is 14.8. The second-order valence-electron chi connectivity index (χ2n) is 4.87. The predicted molar refractivity (Wildman–Crippen MR) is 92.0 cm³/mol. The molecule has 1 fully saturated rings. The van der Waals surface area contributed by atoms with E-state index in [0.29, 0.717) is 0 Å². The van der Waals surface area contributed by atoms with Crippen molar-refractivity contribution in [1.82, 2.24) is 10.6 Å². The van der Waals surface area contributed by atoms with Crippen LogP contribution in [0.4, 0.5) is 5.69 Å². The molecule has 0 aromatic heterocycles. The van der Waals surface area contributed by atoms with Crippen molar-refractivity contribution in [2.24, 2.45) is 0 Å². The summed E-state index contributed by atoms with van der Waals surface area (Å²) >= 11 is 0. The van der Waals surface area contributed by atoms with Crippen LogP contribution >= 0.6 is 0 Å². The number of nitrogens with one attached hydrogen (secondary N) is 2. The first kappa shape index (κ1) is 15.3. The summed E-state index contributed by atoms with van der Waals surface area (Å²) in [6.45, 7) is 4.56. The Bertz CT molecular complexity index is 534. The van der Waals surface area contributed by atoms with Gasteiger partial charge in [0, 0.05) is 31.9 Å². The van der Waals surface area contributed by atoms with E-state index in [1.165, 1.54) is 5.56 Å². The number of nitrogen functional groups attached to an aromatic ring is 1. The zero-order valence-electron chi connectivity index (χ0n) is 12.3. The molecule has 1 saturated heterocycles. The molecule has 1 heterocycles. The Balaban J connectivity index is 0.000000225. The summed E-state index contributed by atoms with van der Waals surface area (Å²) in [5.74, 6) is 0. The van der Waals surface area contributed by atoms with E-state index in [1.807, 2.05) is 48.5 Å². The highest BCUT2D eigenvalue weighted by Gasteiger charge is 1.92. The number of hydrogen-bond donors (Lipinski definition) is 3. The van der Waals surface area contributed by atoms with Gasteiger partial charge in [0.25, 0.3) is 0 Å². The van der Waals surface area contributed by atoms with E-state index < -0.39 is 0 Å². The topological polar surface area (TPSA) is 50.1 Å². The summed E-state index contributed by atoms with van der Waals surface area (Å²) in [5, 5.41) is 6.44. The number of nitrogens with two attached hydrogens (primary N) is 1. The number of benzene rings is 2. The summed E-state index contributed by atoms with van der Waals surface area (Å²) in [6.07, 6.45) is 4.09. The molecule has 110 valence electrons. The van der Waals surface area contributed by atoms with E-state index >= 15 is 0 Å². The van der Waals surface area contributed by atoms with Crippen molar-refractivity contribution in [2.45, 2.75) is 0 Å². The first-order valence-corrected chi connectivity index (χ1v) is 7.35. The van der Waals surface area contributed by atoms with Crippen LogP contribution in [0.25, 0.3) is 12.2 Å². The highest BCUT2D eigenvalue weighted by molar-refractivity contribution is 5.75. The van der Waals surface area contributed by atoms with E-state index in [0.717, 1.165) is 37.4 Å². The molecule has 1 aliphatic rings. The molecule has 21 heavy (non-hydrogen) atoms. The molecular formula is C18H23N3. The fourth-order valence-corrected chi connectivity index (χ4v) is 2.02. The van der Waals surface area contributed by atoms with Crippen LogP contribution in [0.15, 0.2) is 54.6 Å². The maximum atomic E-state index is 5.83. The lowest BCUT2D eigenvalue weighted by Gasteiger charge is -2.11. The van der Waals surface area contributed by atoms with Crippen molar-refractivity contribution in [3.8, 4) is 0 Å². The predicted octanol–water partition coefficient (Wildman–Crippen LogP) is 2.62. The van der Waals surface area contributed by atoms with Crippen molar-refractivity contribution in [2.75, 3.05) is 31.9 Å². The fraction of sp³-hybridized carbons (Fsp3) is 0.222. The van der Waals surface area contributed by atoms with Crippen molar-refractivity contribution in [1.29, 1.82) is 0 Å². The molecule has 0 spiro atoms. The van der Waals surface area contributed by atoms with E-state index in [1.54, 1.807) is 0 Å². The maximum Gasteiger partial charge on any atom is 0.0387 e. The molecule has 2 aromatic carbocycles. The highest BCUT2D eigenvalue weighted by Crippen LogP contribution is 2.14. The first-order valence-electron chi connectivity index (χ1n) is 7.35. The van der Waals surface area contributed by atoms with Crippen LogP contribution < -0.4 is 16.4 Å². The standard InChI is InChI=1S/C14H13N.C4H10N2/c15-14-9-5-4-8-13(14)11-10-12-6-2-1-3-7-12;1-2-6-4-3-5-1/h1-11H,15H2;5-6H,1-4H2. The Hall–Kier alpha value is -2.10. The fourth-order valence-electron chi connectivity index (χ4n) is 2.02. The van der Waals surface area contributed by atoms with Gasteiger partial charge in [-0.3, -0.25) is 0 Å².